The van der Waals surface area contributed by atoms with Crippen LogP contribution in [0, 0.1) is 13.8 Å². The van der Waals surface area contributed by atoms with Gasteiger partial charge in [-0.15, -0.1) is 0 Å². The van der Waals surface area contributed by atoms with Gasteiger partial charge in [-0.25, -0.2) is 9.78 Å². The van der Waals surface area contributed by atoms with Crippen molar-refractivity contribution >= 4 is 23.0 Å². The summed E-state index contributed by atoms with van der Waals surface area (Å²) in [6.45, 7) is 7.51. The number of fused-ring (bicyclic) bond motifs is 1. The number of H-pyrrole nitrogens is 1. The van der Waals surface area contributed by atoms with Gasteiger partial charge in [-0.2, -0.15) is 0 Å². The highest BCUT2D eigenvalue weighted by Gasteiger charge is 2.32. The van der Waals surface area contributed by atoms with Crippen molar-refractivity contribution in [1.82, 2.24) is 25.1 Å². The number of aromatic amines is 1. The maximum atomic E-state index is 12.3. The Balaban J connectivity index is 1.57. The molecule has 2 N–H and O–H groups in total. The zero-order chi connectivity index (χ0) is 18.1. The van der Waals surface area contributed by atoms with E-state index in [0.717, 1.165) is 16.9 Å². The van der Waals surface area contributed by atoms with E-state index in [1.807, 2.05) is 0 Å². The van der Waals surface area contributed by atoms with Gasteiger partial charge >= 0.3 is 6.03 Å². The standard InChI is InChI=1S/C18H25N5O2/c1-11-9-14-15(10-12(11)2)21-16(20-14)5-6-19-18(25)23-8-7-22(4)17(24)13(23)3/h9-10,13H,5-8H2,1-4H3,(H,19,25)(H,20,21)/t13-/m1/s1. The third-order valence-electron chi connectivity index (χ3n) is 4.92. The predicted octanol–water partition coefficient (Wildman–Crippen LogP) is 1.59. The highest BCUT2D eigenvalue weighted by molar-refractivity contribution is 5.87. The van der Waals surface area contributed by atoms with Crippen LogP contribution in [-0.4, -0.2) is 64.4 Å². The van der Waals surface area contributed by atoms with Gasteiger partial charge in [-0.3, -0.25) is 4.79 Å². The largest absolute Gasteiger partial charge is 0.342 e. The van der Waals surface area contributed by atoms with Gasteiger partial charge in [-0.05, 0) is 44.0 Å². The second kappa shape index (κ2) is 6.74. The van der Waals surface area contributed by atoms with Crippen molar-refractivity contribution in [3.05, 3.63) is 29.1 Å². The third-order valence-corrected chi connectivity index (χ3v) is 4.92. The number of imidazole rings is 1. The molecule has 1 saturated heterocycles. The van der Waals surface area contributed by atoms with E-state index in [4.69, 9.17) is 0 Å². The summed E-state index contributed by atoms with van der Waals surface area (Å²) >= 11 is 0. The van der Waals surface area contributed by atoms with E-state index in [2.05, 4.69) is 41.3 Å². The van der Waals surface area contributed by atoms with Crippen LogP contribution >= 0.6 is 0 Å². The van der Waals surface area contributed by atoms with Crippen LogP contribution in [0.2, 0.25) is 0 Å². The van der Waals surface area contributed by atoms with Crippen LogP contribution < -0.4 is 5.32 Å². The minimum absolute atomic E-state index is 0.0237. The average molecular weight is 343 g/mol. The first-order valence-electron chi connectivity index (χ1n) is 8.62. The molecule has 1 aliphatic heterocycles. The lowest BCUT2D eigenvalue weighted by Gasteiger charge is -2.37. The molecule has 1 aliphatic rings. The topological polar surface area (TPSA) is 81.3 Å². The Hall–Kier alpha value is -2.57. The van der Waals surface area contributed by atoms with Gasteiger partial charge in [0.2, 0.25) is 5.91 Å². The van der Waals surface area contributed by atoms with Gasteiger partial charge in [-0.1, -0.05) is 0 Å². The summed E-state index contributed by atoms with van der Waals surface area (Å²) in [7, 11) is 1.76. The Morgan fingerprint density at radius 1 is 1.32 bits per heavy atom. The summed E-state index contributed by atoms with van der Waals surface area (Å²) < 4.78 is 0. The molecule has 0 saturated carbocycles. The van der Waals surface area contributed by atoms with Crippen LogP contribution in [-0.2, 0) is 11.2 Å². The SMILES string of the molecule is Cc1cc2nc(CCNC(=O)N3CCN(C)C(=O)[C@H]3C)[nH]c2cc1C. The zero-order valence-corrected chi connectivity index (χ0v) is 15.2. The van der Waals surface area contributed by atoms with Gasteiger partial charge in [0.05, 0.1) is 11.0 Å². The highest BCUT2D eigenvalue weighted by Crippen LogP contribution is 2.17. The molecule has 0 unspecified atom stereocenters. The van der Waals surface area contributed by atoms with Crippen LogP contribution in [0.15, 0.2) is 12.1 Å². The number of aryl methyl sites for hydroxylation is 2. The molecule has 3 amide bonds. The van der Waals surface area contributed by atoms with E-state index in [0.29, 0.717) is 26.1 Å². The minimum Gasteiger partial charge on any atom is -0.342 e. The summed E-state index contributed by atoms with van der Waals surface area (Å²) in [4.78, 5) is 35.4. The molecular formula is C18H25N5O2. The summed E-state index contributed by atoms with van der Waals surface area (Å²) in [6, 6.07) is 3.55. The average Bonchev–Trinajstić information content (AvgIpc) is 2.94. The fourth-order valence-corrected chi connectivity index (χ4v) is 3.12. The number of urea groups is 1. The molecule has 0 radical (unpaired) electrons. The highest BCUT2D eigenvalue weighted by atomic mass is 16.2. The quantitative estimate of drug-likeness (QED) is 0.888. The Labute approximate surface area is 147 Å². The Morgan fingerprint density at radius 2 is 2.04 bits per heavy atom. The first-order chi connectivity index (χ1) is 11.9. The van der Waals surface area contributed by atoms with E-state index >= 15 is 0 Å². The zero-order valence-electron chi connectivity index (χ0n) is 15.2. The molecule has 2 heterocycles. The molecule has 2 aromatic rings. The lowest BCUT2D eigenvalue weighted by atomic mass is 10.1. The Morgan fingerprint density at radius 3 is 2.80 bits per heavy atom. The molecule has 25 heavy (non-hydrogen) atoms. The number of benzene rings is 1. The number of piperazine rings is 1. The van der Waals surface area contributed by atoms with Gasteiger partial charge in [0.1, 0.15) is 11.9 Å². The van der Waals surface area contributed by atoms with Crippen molar-refractivity contribution in [3.63, 3.8) is 0 Å². The van der Waals surface area contributed by atoms with Gasteiger partial charge in [0, 0.05) is 33.1 Å². The number of hydrogen-bond donors (Lipinski definition) is 2. The summed E-state index contributed by atoms with van der Waals surface area (Å²) in [5, 5.41) is 2.89. The Bertz CT molecular complexity index is 774. The summed E-state index contributed by atoms with van der Waals surface area (Å²) in [6.07, 6.45) is 0.620. The maximum Gasteiger partial charge on any atom is 0.318 e. The van der Waals surface area contributed by atoms with E-state index in [9.17, 15) is 9.59 Å². The van der Waals surface area contributed by atoms with Crippen LogP contribution in [0.25, 0.3) is 11.0 Å². The number of nitrogens with one attached hydrogen (secondary N) is 2. The molecule has 0 bridgehead atoms. The number of carbonyl (C=O) groups is 2. The van der Waals surface area contributed by atoms with Crippen LogP contribution in [0.4, 0.5) is 4.79 Å². The van der Waals surface area contributed by atoms with Crippen molar-refractivity contribution in [2.24, 2.45) is 0 Å². The van der Waals surface area contributed by atoms with Crippen molar-refractivity contribution in [3.8, 4) is 0 Å². The first kappa shape index (κ1) is 17.3. The lowest BCUT2D eigenvalue weighted by molar-refractivity contribution is -0.137. The van der Waals surface area contributed by atoms with E-state index in [1.165, 1.54) is 11.1 Å². The van der Waals surface area contributed by atoms with Gasteiger partial charge in [0.15, 0.2) is 0 Å². The number of amides is 3. The number of aromatic nitrogens is 2. The van der Waals surface area contributed by atoms with Crippen LogP contribution in [0.5, 0.6) is 0 Å². The number of rotatable bonds is 3. The molecule has 0 aliphatic carbocycles. The summed E-state index contributed by atoms with van der Waals surface area (Å²) in [5.41, 5.74) is 4.41. The number of carbonyl (C=O) groups excluding carboxylic acids is 2. The van der Waals surface area contributed by atoms with Crippen molar-refractivity contribution in [2.75, 3.05) is 26.7 Å². The third kappa shape index (κ3) is 3.45. The molecule has 7 nitrogen and oxygen atoms in total. The summed E-state index contributed by atoms with van der Waals surface area (Å²) in [5.74, 6) is 0.826. The van der Waals surface area contributed by atoms with Crippen molar-refractivity contribution < 1.29 is 9.59 Å². The molecule has 1 aromatic heterocycles. The van der Waals surface area contributed by atoms with E-state index in [1.54, 1.807) is 23.8 Å². The number of likely N-dealkylation sites (N-methyl/N-ethyl adjacent to an activating group) is 1. The normalized spacial score (nSPS) is 18.1. The molecule has 7 heteroatoms. The Kier molecular flexibility index (Phi) is 4.65. The molecule has 1 aromatic carbocycles. The minimum atomic E-state index is -0.420. The van der Waals surface area contributed by atoms with E-state index in [-0.39, 0.29) is 11.9 Å². The molecule has 1 atom stereocenters. The fraction of sp³-hybridized carbons (Fsp3) is 0.500. The maximum absolute atomic E-state index is 12.3. The molecule has 134 valence electrons. The molecular weight excluding hydrogens is 318 g/mol. The smallest absolute Gasteiger partial charge is 0.318 e. The van der Waals surface area contributed by atoms with Crippen LogP contribution in [0.1, 0.15) is 23.9 Å². The van der Waals surface area contributed by atoms with Crippen molar-refractivity contribution in [2.45, 2.75) is 33.2 Å². The van der Waals surface area contributed by atoms with E-state index < -0.39 is 6.04 Å². The van der Waals surface area contributed by atoms with Gasteiger partial charge < -0.3 is 20.1 Å². The van der Waals surface area contributed by atoms with Gasteiger partial charge in [0.25, 0.3) is 0 Å². The monoisotopic (exact) mass is 343 g/mol. The number of hydrogen-bond acceptors (Lipinski definition) is 3. The molecule has 1 fully saturated rings. The molecule has 0 spiro atoms. The lowest BCUT2D eigenvalue weighted by Crippen LogP contribution is -2.58. The van der Waals surface area contributed by atoms with Crippen LogP contribution in [0.3, 0.4) is 0 Å². The second-order valence-electron chi connectivity index (χ2n) is 6.75. The molecule has 3 rings (SSSR count). The predicted molar refractivity (Wildman–Crippen MR) is 96.5 cm³/mol. The van der Waals surface area contributed by atoms with Crippen molar-refractivity contribution in [1.29, 1.82) is 0 Å². The second-order valence-corrected chi connectivity index (χ2v) is 6.75. The first-order valence-corrected chi connectivity index (χ1v) is 8.62. The fourth-order valence-electron chi connectivity index (χ4n) is 3.12. The number of nitrogens with zero attached hydrogens (tertiary/aromatic N) is 3.